The van der Waals surface area contributed by atoms with Gasteiger partial charge >= 0.3 is 0 Å². The molecule has 4 rings (SSSR count). The minimum absolute atomic E-state index is 0.0537. The number of carbonyl (C=O) groups excluding carboxylic acids is 1. The maximum Gasteiger partial charge on any atom is 0.240 e. The van der Waals surface area contributed by atoms with Gasteiger partial charge in [0.25, 0.3) is 0 Å². The summed E-state index contributed by atoms with van der Waals surface area (Å²) in [4.78, 5) is 12.2. The van der Waals surface area contributed by atoms with Crippen molar-refractivity contribution in [3.63, 3.8) is 0 Å². The van der Waals surface area contributed by atoms with E-state index in [1.165, 1.54) is 0 Å². The number of nitrogens with one attached hydrogen (secondary N) is 1. The number of amides is 1. The van der Waals surface area contributed by atoms with Crippen molar-refractivity contribution in [2.75, 3.05) is 0 Å². The van der Waals surface area contributed by atoms with E-state index in [2.05, 4.69) is 15.6 Å². The molecule has 0 saturated carbocycles. The molecule has 0 saturated heterocycles. The Morgan fingerprint density at radius 3 is 2.96 bits per heavy atom. The summed E-state index contributed by atoms with van der Waals surface area (Å²) in [6.45, 7) is 0.649. The molecule has 7 heteroatoms. The van der Waals surface area contributed by atoms with Crippen LogP contribution in [0.5, 0.6) is 0 Å². The first-order valence-electron chi connectivity index (χ1n) is 7.55. The number of benzene rings is 1. The summed E-state index contributed by atoms with van der Waals surface area (Å²) in [7, 11) is 0. The van der Waals surface area contributed by atoms with Crippen LogP contribution in [0.4, 0.5) is 0 Å². The van der Waals surface area contributed by atoms with Crippen LogP contribution in [-0.2, 0) is 17.9 Å². The van der Waals surface area contributed by atoms with Crippen molar-refractivity contribution in [1.82, 2.24) is 24.9 Å². The van der Waals surface area contributed by atoms with E-state index in [9.17, 15) is 4.79 Å². The molecule has 1 N–H and O–H groups in total. The molecule has 0 fully saturated rings. The molecule has 1 aromatic carbocycles. The SMILES string of the molecule is O=C(Cn1ccc2ccccc21)NCc1cn(-c2cccs2)nn1. The Labute approximate surface area is 142 Å². The quantitative estimate of drug-likeness (QED) is 0.609. The zero-order valence-corrected chi connectivity index (χ0v) is 13.6. The zero-order valence-electron chi connectivity index (χ0n) is 12.8. The molecule has 0 spiro atoms. The number of rotatable bonds is 5. The van der Waals surface area contributed by atoms with E-state index in [0.717, 1.165) is 21.6 Å². The lowest BCUT2D eigenvalue weighted by Crippen LogP contribution is -2.27. The fourth-order valence-electron chi connectivity index (χ4n) is 2.57. The number of fused-ring (bicyclic) bond motifs is 1. The molecule has 0 bridgehead atoms. The summed E-state index contributed by atoms with van der Waals surface area (Å²) >= 11 is 1.59. The second kappa shape index (κ2) is 6.29. The number of hydrogen-bond acceptors (Lipinski definition) is 4. The Bertz CT molecular complexity index is 970. The number of aromatic nitrogens is 4. The number of hydrogen-bond donors (Lipinski definition) is 1. The highest BCUT2D eigenvalue weighted by molar-refractivity contribution is 7.12. The van der Waals surface area contributed by atoms with Gasteiger partial charge in [0.2, 0.25) is 5.91 Å². The van der Waals surface area contributed by atoms with Crippen LogP contribution >= 0.6 is 11.3 Å². The van der Waals surface area contributed by atoms with Crippen molar-refractivity contribution in [3.05, 3.63) is 65.9 Å². The van der Waals surface area contributed by atoms with Gasteiger partial charge in [-0.05, 0) is 35.0 Å². The van der Waals surface area contributed by atoms with E-state index in [4.69, 9.17) is 0 Å². The van der Waals surface area contributed by atoms with Crippen molar-refractivity contribution in [3.8, 4) is 5.00 Å². The molecule has 0 unspecified atom stereocenters. The fraction of sp³-hybridized carbons (Fsp3) is 0.118. The lowest BCUT2D eigenvalue weighted by atomic mass is 10.2. The van der Waals surface area contributed by atoms with Crippen LogP contribution in [-0.4, -0.2) is 25.5 Å². The molecule has 4 aromatic rings. The maximum absolute atomic E-state index is 12.2. The molecule has 120 valence electrons. The summed E-state index contributed by atoms with van der Waals surface area (Å²) in [5.41, 5.74) is 1.78. The first-order valence-corrected chi connectivity index (χ1v) is 8.43. The van der Waals surface area contributed by atoms with Crippen LogP contribution in [0.15, 0.2) is 60.2 Å². The van der Waals surface area contributed by atoms with Crippen molar-refractivity contribution >= 4 is 28.1 Å². The molecule has 0 atom stereocenters. The Morgan fingerprint density at radius 1 is 1.17 bits per heavy atom. The minimum Gasteiger partial charge on any atom is -0.349 e. The van der Waals surface area contributed by atoms with Gasteiger partial charge in [0.1, 0.15) is 17.2 Å². The van der Waals surface area contributed by atoms with Crippen LogP contribution in [0.1, 0.15) is 5.69 Å². The van der Waals surface area contributed by atoms with Gasteiger partial charge in [-0.3, -0.25) is 4.79 Å². The van der Waals surface area contributed by atoms with Crippen molar-refractivity contribution in [2.24, 2.45) is 0 Å². The van der Waals surface area contributed by atoms with Crippen LogP contribution < -0.4 is 5.32 Å². The molecule has 0 radical (unpaired) electrons. The van der Waals surface area contributed by atoms with Crippen LogP contribution in [0.3, 0.4) is 0 Å². The van der Waals surface area contributed by atoms with Crippen LogP contribution in [0, 0.1) is 0 Å². The summed E-state index contributed by atoms with van der Waals surface area (Å²) in [5.74, 6) is -0.0537. The van der Waals surface area contributed by atoms with Gasteiger partial charge in [-0.2, -0.15) is 0 Å². The lowest BCUT2D eigenvalue weighted by molar-refractivity contribution is -0.121. The summed E-state index contributed by atoms with van der Waals surface area (Å²) in [5, 5.41) is 15.2. The fourth-order valence-corrected chi connectivity index (χ4v) is 3.22. The third kappa shape index (κ3) is 2.93. The smallest absolute Gasteiger partial charge is 0.240 e. The molecule has 0 aliphatic heterocycles. The van der Waals surface area contributed by atoms with Gasteiger partial charge in [-0.15, -0.1) is 16.4 Å². The lowest BCUT2D eigenvalue weighted by Gasteiger charge is -2.06. The van der Waals surface area contributed by atoms with E-state index in [1.54, 1.807) is 16.0 Å². The monoisotopic (exact) mass is 337 g/mol. The minimum atomic E-state index is -0.0537. The molecule has 0 aliphatic rings. The average molecular weight is 337 g/mol. The zero-order chi connectivity index (χ0) is 16.4. The number of thiophene rings is 1. The van der Waals surface area contributed by atoms with Gasteiger partial charge in [-0.1, -0.05) is 23.4 Å². The van der Waals surface area contributed by atoms with Crippen molar-refractivity contribution < 1.29 is 4.79 Å². The average Bonchev–Trinajstić information content (AvgIpc) is 3.34. The molecule has 24 heavy (non-hydrogen) atoms. The van der Waals surface area contributed by atoms with E-state index >= 15 is 0 Å². The van der Waals surface area contributed by atoms with E-state index < -0.39 is 0 Å². The highest BCUT2D eigenvalue weighted by atomic mass is 32.1. The first-order chi connectivity index (χ1) is 11.8. The van der Waals surface area contributed by atoms with E-state index in [0.29, 0.717) is 6.54 Å². The summed E-state index contributed by atoms with van der Waals surface area (Å²) < 4.78 is 3.65. The predicted molar refractivity (Wildman–Crippen MR) is 93.0 cm³/mol. The topological polar surface area (TPSA) is 64.7 Å². The number of para-hydroxylation sites is 1. The molecule has 1 amide bonds. The van der Waals surface area contributed by atoms with Gasteiger partial charge in [0.15, 0.2) is 0 Å². The predicted octanol–water partition coefficient (Wildman–Crippen LogP) is 2.60. The third-order valence-electron chi connectivity index (χ3n) is 3.73. The van der Waals surface area contributed by atoms with E-state index in [1.807, 2.05) is 64.8 Å². The van der Waals surface area contributed by atoms with Gasteiger partial charge in [0, 0.05) is 11.7 Å². The Hall–Kier alpha value is -2.93. The van der Waals surface area contributed by atoms with Crippen molar-refractivity contribution in [1.29, 1.82) is 0 Å². The second-order valence-corrected chi connectivity index (χ2v) is 6.31. The Balaban J connectivity index is 1.38. The first kappa shape index (κ1) is 14.6. The summed E-state index contributed by atoms with van der Waals surface area (Å²) in [6, 6.07) is 13.9. The Morgan fingerprint density at radius 2 is 2.08 bits per heavy atom. The molecular formula is C17H15N5OS. The number of carbonyl (C=O) groups is 1. The highest BCUT2D eigenvalue weighted by Gasteiger charge is 2.08. The van der Waals surface area contributed by atoms with E-state index in [-0.39, 0.29) is 12.5 Å². The summed E-state index contributed by atoms with van der Waals surface area (Å²) in [6.07, 6.45) is 3.76. The normalized spacial score (nSPS) is 11.0. The molecule has 0 aliphatic carbocycles. The third-order valence-corrected chi connectivity index (χ3v) is 4.59. The van der Waals surface area contributed by atoms with Crippen molar-refractivity contribution in [2.45, 2.75) is 13.1 Å². The number of nitrogens with zero attached hydrogens (tertiary/aromatic N) is 4. The Kier molecular flexibility index (Phi) is 3.84. The standard InChI is InChI=1S/C17H15N5OS/c23-16(12-21-8-7-13-4-1-2-5-15(13)21)18-10-14-11-22(20-19-14)17-6-3-9-24-17/h1-9,11H,10,12H2,(H,18,23). The second-order valence-electron chi connectivity index (χ2n) is 5.38. The van der Waals surface area contributed by atoms with Gasteiger partial charge < -0.3 is 9.88 Å². The van der Waals surface area contributed by atoms with Gasteiger partial charge in [0.05, 0.1) is 12.7 Å². The molecule has 3 aromatic heterocycles. The highest BCUT2D eigenvalue weighted by Crippen LogP contribution is 2.15. The molecular weight excluding hydrogens is 322 g/mol. The molecule has 3 heterocycles. The van der Waals surface area contributed by atoms with Crippen LogP contribution in [0.25, 0.3) is 15.9 Å². The largest absolute Gasteiger partial charge is 0.349 e. The van der Waals surface area contributed by atoms with Gasteiger partial charge in [-0.25, -0.2) is 4.68 Å². The maximum atomic E-state index is 12.2. The van der Waals surface area contributed by atoms with Crippen LogP contribution in [0.2, 0.25) is 0 Å². The molecule has 6 nitrogen and oxygen atoms in total.